The lowest BCUT2D eigenvalue weighted by molar-refractivity contribution is 0.568. The molecule has 0 amide bonds. The lowest BCUT2D eigenvalue weighted by Gasteiger charge is -2.13. The van der Waals surface area contributed by atoms with Gasteiger partial charge in [-0.15, -0.1) is 11.3 Å². The van der Waals surface area contributed by atoms with Crippen LogP contribution in [0.1, 0.15) is 18.5 Å². The van der Waals surface area contributed by atoms with Gasteiger partial charge in [0.1, 0.15) is 10.0 Å². The number of hydrogen-bond acceptors (Lipinski definition) is 3. The number of rotatable bonds is 4. The van der Waals surface area contributed by atoms with Crippen LogP contribution in [0.5, 0.6) is 0 Å². The average molecular weight is 399 g/mol. The van der Waals surface area contributed by atoms with Crippen molar-refractivity contribution in [1.82, 2.24) is 4.72 Å². The minimum Gasteiger partial charge on any atom is -0.207 e. The van der Waals surface area contributed by atoms with E-state index in [0.29, 0.717) is 14.4 Å². The Balaban J connectivity index is 2.21. The first kappa shape index (κ1) is 15.9. The fraction of sp³-hybridized carbons (Fsp3) is 0.167. The molecule has 1 aromatic carbocycles. The van der Waals surface area contributed by atoms with Crippen LogP contribution in [0.15, 0.2) is 38.3 Å². The first-order valence-electron chi connectivity index (χ1n) is 5.52. The quantitative estimate of drug-likeness (QED) is 0.832. The van der Waals surface area contributed by atoms with Crippen molar-refractivity contribution in [3.8, 4) is 0 Å². The number of hydrogen-bond donors (Lipinski definition) is 1. The lowest BCUT2D eigenvalue weighted by Crippen LogP contribution is -2.26. The zero-order valence-electron chi connectivity index (χ0n) is 10.2. The molecule has 20 heavy (non-hydrogen) atoms. The van der Waals surface area contributed by atoms with E-state index in [1.165, 1.54) is 18.2 Å². The summed E-state index contributed by atoms with van der Waals surface area (Å²) >= 11 is 10.1. The van der Waals surface area contributed by atoms with E-state index in [4.69, 9.17) is 11.6 Å². The molecule has 1 N–H and O–H groups in total. The van der Waals surface area contributed by atoms with Crippen molar-refractivity contribution in [2.24, 2.45) is 0 Å². The van der Waals surface area contributed by atoms with Crippen LogP contribution >= 0.6 is 38.9 Å². The van der Waals surface area contributed by atoms with Gasteiger partial charge in [-0.05, 0) is 46.6 Å². The highest BCUT2D eigenvalue weighted by molar-refractivity contribution is 9.11. The van der Waals surface area contributed by atoms with Gasteiger partial charge in [-0.2, -0.15) is 0 Å². The zero-order chi connectivity index (χ0) is 14.9. The van der Waals surface area contributed by atoms with Gasteiger partial charge in [0, 0.05) is 6.04 Å². The molecule has 0 bridgehead atoms. The molecule has 0 fully saturated rings. The van der Waals surface area contributed by atoms with Crippen LogP contribution in [0.4, 0.5) is 4.39 Å². The summed E-state index contributed by atoms with van der Waals surface area (Å²) < 4.78 is 40.5. The van der Waals surface area contributed by atoms with Gasteiger partial charge in [0.15, 0.2) is 0 Å². The van der Waals surface area contributed by atoms with Gasteiger partial charge in [0.05, 0.1) is 8.81 Å². The zero-order valence-corrected chi connectivity index (χ0v) is 14.2. The molecule has 2 rings (SSSR count). The standard InChI is InChI=1S/C12H10BrClFNO2S2/c1-7(8-2-4-9(15)5-3-8)16-20(17,18)11-6-10(14)12(13)19-11/h2-7,16H,1H3. The fourth-order valence-corrected chi connectivity index (χ4v) is 5.22. The van der Waals surface area contributed by atoms with Crippen molar-refractivity contribution < 1.29 is 12.8 Å². The molecule has 108 valence electrons. The van der Waals surface area contributed by atoms with E-state index in [9.17, 15) is 12.8 Å². The summed E-state index contributed by atoms with van der Waals surface area (Å²) in [4.78, 5) is 0. The largest absolute Gasteiger partial charge is 0.250 e. The minimum absolute atomic E-state index is 0.128. The summed E-state index contributed by atoms with van der Waals surface area (Å²) in [6.07, 6.45) is 0. The molecule has 1 aromatic heterocycles. The minimum atomic E-state index is -3.66. The normalized spacial score (nSPS) is 13.4. The molecule has 0 aliphatic carbocycles. The van der Waals surface area contributed by atoms with Crippen LogP contribution in [0.25, 0.3) is 0 Å². The topological polar surface area (TPSA) is 46.2 Å². The molecule has 8 heteroatoms. The van der Waals surface area contributed by atoms with Crippen LogP contribution in [0.3, 0.4) is 0 Å². The summed E-state index contributed by atoms with van der Waals surface area (Å²) in [5.74, 6) is -0.363. The molecule has 1 heterocycles. The summed E-state index contributed by atoms with van der Waals surface area (Å²) in [7, 11) is -3.66. The van der Waals surface area contributed by atoms with Crippen molar-refractivity contribution in [3.63, 3.8) is 0 Å². The lowest BCUT2D eigenvalue weighted by atomic mass is 10.1. The summed E-state index contributed by atoms with van der Waals surface area (Å²) in [5, 5.41) is 0.352. The molecule has 0 spiro atoms. The van der Waals surface area contributed by atoms with Crippen LogP contribution in [0, 0.1) is 5.82 Å². The van der Waals surface area contributed by atoms with E-state index in [2.05, 4.69) is 20.7 Å². The van der Waals surface area contributed by atoms with Gasteiger partial charge in [0.2, 0.25) is 0 Å². The second kappa shape index (κ2) is 6.11. The molecule has 0 radical (unpaired) electrons. The van der Waals surface area contributed by atoms with Crippen LogP contribution in [-0.2, 0) is 10.0 Å². The smallest absolute Gasteiger partial charge is 0.207 e. The van der Waals surface area contributed by atoms with E-state index >= 15 is 0 Å². The van der Waals surface area contributed by atoms with Gasteiger partial charge >= 0.3 is 0 Å². The highest BCUT2D eigenvalue weighted by Gasteiger charge is 2.21. The van der Waals surface area contributed by atoms with E-state index in [-0.39, 0.29) is 10.0 Å². The maximum atomic E-state index is 12.8. The molecule has 0 aliphatic rings. The first-order chi connectivity index (χ1) is 9.29. The van der Waals surface area contributed by atoms with Gasteiger partial charge in [-0.25, -0.2) is 17.5 Å². The van der Waals surface area contributed by atoms with E-state index in [0.717, 1.165) is 11.3 Å². The van der Waals surface area contributed by atoms with Crippen LogP contribution in [-0.4, -0.2) is 8.42 Å². The van der Waals surface area contributed by atoms with Crippen LogP contribution < -0.4 is 4.72 Å². The maximum Gasteiger partial charge on any atom is 0.250 e. The Hall–Kier alpha value is -0.470. The Morgan fingerprint density at radius 1 is 1.35 bits per heavy atom. The van der Waals surface area contributed by atoms with Gasteiger partial charge < -0.3 is 0 Å². The average Bonchev–Trinajstić information content (AvgIpc) is 2.71. The predicted octanol–water partition coefficient (Wildman–Crippen LogP) is 4.34. The van der Waals surface area contributed by atoms with E-state index < -0.39 is 16.1 Å². The second-order valence-corrected chi connectivity index (χ2v) is 8.80. The number of benzene rings is 1. The van der Waals surface area contributed by atoms with Gasteiger partial charge in [-0.3, -0.25) is 0 Å². The molecule has 3 nitrogen and oxygen atoms in total. The highest BCUT2D eigenvalue weighted by atomic mass is 79.9. The fourth-order valence-electron chi connectivity index (χ4n) is 1.57. The molecule has 0 saturated carbocycles. The second-order valence-electron chi connectivity index (χ2n) is 4.08. The van der Waals surface area contributed by atoms with Gasteiger partial charge in [-0.1, -0.05) is 23.7 Å². The van der Waals surface area contributed by atoms with Crippen molar-refractivity contribution in [1.29, 1.82) is 0 Å². The van der Waals surface area contributed by atoms with E-state index in [1.807, 2.05) is 0 Å². The molecule has 1 atom stereocenters. The maximum absolute atomic E-state index is 12.8. The Morgan fingerprint density at radius 2 is 1.95 bits per heavy atom. The third-order valence-corrected chi connectivity index (χ3v) is 7.08. The third-order valence-electron chi connectivity index (χ3n) is 2.59. The molecule has 0 saturated heterocycles. The Kier molecular flexibility index (Phi) is 4.86. The third kappa shape index (κ3) is 3.59. The Bertz CT molecular complexity index is 696. The summed E-state index contributed by atoms with van der Waals surface area (Å²) in [6.45, 7) is 1.69. The monoisotopic (exact) mass is 397 g/mol. The Labute approximate surface area is 134 Å². The van der Waals surface area contributed by atoms with Crippen molar-refractivity contribution >= 4 is 48.9 Å². The molecule has 2 aromatic rings. The van der Waals surface area contributed by atoms with Crippen molar-refractivity contribution in [2.45, 2.75) is 17.2 Å². The van der Waals surface area contributed by atoms with E-state index in [1.54, 1.807) is 19.1 Å². The number of sulfonamides is 1. The number of thiophene rings is 1. The first-order valence-corrected chi connectivity index (χ1v) is 8.99. The molecule has 1 unspecified atom stereocenters. The summed E-state index contributed by atoms with van der Waals surface area (Å²) in [5.41, 5.74) is 0.677. The van der Waals surface area contributed by atoms with Gasteiger partial charge in [0.25, 0.3) is 10.0 Å². The van der Waals surface area contributed by atoms with Crippen molar-refractivity contribution in [2.75, 3.05) is 0 Å². The predicted molar refractivity (Wildman–Crippen MR) is 82.2 cm³/mol. The SMILES string of the molecule is CC(NS(=O)(=O)c1cc(Cl)c(Br)s1)c1ccc(F)cc1. The highest BCUT2D eigenvalue weighted by Crippen LogP contribution is 2.35. The molecular formula is C12H10BrClFNO2S2. The van der Waals surface area contributed by atoms with Crippen molar-refractivity contribution in [3.05, 3.63) is 50.5 Å². The molecular weight excluding hydrogens is 389 g/mol. The summed E-state index contributed by atoms with van der Waals surface area (Å²) in [6, 6.07) is 6.58. The molecule has 0 aliphatic heterocycles. The number of nitrogens with one attached hydrogen (secondary N) is 1. The number of halogens is 3. The Morgan fingerprint density at radius 3 is 2.45 bits per heavy atom. The van der Waals surface area contributed by atoms with Crippen LogP contribution in [0.2, 0.25) is 5.02 Å².